The second kappa shape index (κ2) is 7.68. The van der Waals surface area contributed by atoms with Gasteiger partial charge in [-0.05, 0) is 6.07 Å². The molecule has 1 amide bonds. The fourth-order valence-electron chi connectivity index (χ4n) is 1.20. The van der Waals surface area contributed by atoms with Crippen molar-refractivity contribution in [2.45, 2.75) is 0 Å². The molecule has 0 aromatic carbocycles. The van der Waals surface area contributed by atoms with E-state index < -0.39 is 17.2 Å². The first-order valence-corrected chi connectivity index (χ1v) is 5.99. The van der Waals surface area contributed by atoms with Crippen molar-refractivity contribution in [3.63, 3.8) is 0 Å². The molecule has 0 radical (unpaired) electrons. The quantitative estimate of drug-likeness (QED) is 0.373. The lowest BCUT2D eigenvalue weighted by Crippen LogP contribution is -2.06. The average molecular weight is 318 g/mol. The Kier molecular flexibility index (Phi) is 6.23. The minimum atomic E-state index is -1.24. The van der Waals surface area contributed by atoms with Crippen molar-refractivity contribution in [2.24, 2.45) is 10.2 Å². The number of hydrogen-bond acceptors (Lipinski definition) is 6. The van der Waals surface area contributed by atoms with Gasteiger partial charge in [0.2, 0.25) is 0 Å². The minimum Gasteiger partial charge on any atom is -0.505 e. The Morgan fingerprint density at radius 1 is 1.45 bits per heavy atom. The van der Waals surface area contributed by atoms with Crippen LogP contribution in [-0.4, -0.2) is 40.5 Å². The molecule has 1 aromatic rings. The summed E-state index contributed by atoms with van der Waals surface area (Å²) < 4.78 is 0. The van der Waals surface area contributed by atoms with Gasteiger partial charge in [0.1, 0.15) is 11.3 Å². The van der Waals surface area contributed by atoms with Crippen LogP contribution < -0.4 is 0 Å². The lowest BCUT2D eigenvalue weighted by atomic mass is 10.1. The fourth-order valence-corrected chi connectivity index (χ4v) is 1.67. The van der Waals surface area contributed by atoms with E-state index in [1.165, 1.54) is 12.3 Å². The second-order valence-electron chi connectivity index (χ2n) is 3.40. The van der Waals surface area contributed by atoms with Crippen molar-refractivity contribution >= 4 is 41.1 Å². The zero-order valence-corrected chi connectivity index (χ0v) is 11.5. The SMILES string of the molecule is O=NC(=O)C(C=NCCO)=C(O)c1ncc(Cl)cc1Cl. The van der Waals surface area contributed by atoms with E-state index in [9.17, 15) is 14.8 Å². The molecule has 2 N–H and O–H groups in total. The van der Waals surface area contributed by atoms with Gasteiger partial charge in [0.25, 0.3) is 0 Å². The molecule has 0 bridgehead atoms. The predicted molar refractivity (Wildman–Crippen MR) is 75.1 cm³/mol. The van der Waals surface area contributed by atoms with Gasteiger partial charge in [0.15, 0.2) is 5.76 Å². The molecule has 0 saturated heterocycles. The number of carbonyl (C=O) groups excluding carboxylic acids is 1. The van der Waals surface area contributed by atoms with Gasteiger partial charge in [-0.1, -0.05) is 23.2 Å². The average Bonchev–Trinajstić information content (AvgIpc) is 2.42. The van der Waals surface area contributed by atoms with Crippen LogP contribution in [-0.2, 0) is 4.79 Å². The number of aliphatic imine (C=N–C) groups is 1. The largest absolute Gasteiger partial charge is 0.505 e. The van der Waals surface area contributed by atoms with Gasteiger partial charge in [0, 0.05) is 17.6 Å². The van der Waals surface area contributed by atoms with Gasteiger partial charge in [-0.2, -0.15) is 0 Å². The Balaban J connectivity index is 3.32. The molecule has 106 valence electrons. The van der Waals surface area contributed by atoms with Crippen LogP contribution in [0, 0.1) is 4.91 Å². The Morgan fingerprint density at radius 2 is 2.15 bits per heavy atom. The van der Waals surface area contributed by atoms with E-state index in [0.29, 0.717) is 0 Å². The molecular weight excluding hydrogens is 309 g/mol. The number of aromatic nitrogens is 1. The van der Waals surface area contributed by atoms with Gasteiger partial charge in [-0.15, -0.1) is 4.91 Å². The molecule has 1 heterocycles. The highest BCUT2D eigenvalue weighted by Crippen LogP contribution is 2.25. The van der Waals surface area contributed by atoms with E-state index in [4.69, 9.17) is 28.3 Å². The number of nitroso groups, excluding NO2 is 1. The smallest absolute Gasteiger partial charge is 0.322 e. The highest BCUT2D eigenvalue weighted by atomic mass is 35.5. The van der Waals surface area contributed by atoms with Crippen molar-refractivity contribution < 1.29 is 15.0 Å². The van der Waals surface area contributed by atoms with Crippen LogP contribution in [0.1, 0.15) is 5.69 Å². The lowest BCUT2D eigenvalue weighted by Gasteiger charge is -2.05. The Bertz CT molecular complexity index is 587. The molecule has 20 heavy (non-hydrogen) atoms. The minimum absolute atomic E-state index is 0.00923. The first-order chi connectivity index (χ1) is 9.51. The van der Waals surface area contributed by atoms with E-state index in [1.807, 2.05) is 0 Å². The topological polar surface area (TPSA) is 112 Å². The third-order valence-corrected chi connectivity index (χ3v) is 2.54. The molecule has 9 heteroatoms. The van der Waals surface area contributed by atoms with Crippen LogP contribution in [0.25, 0.3) is 5.76 Å². The van der Waals surface area contributed by atoms with Gasteiger partial charge in [0.05, 0.1) is 23.2 Å². The predicted octanol–water partition coefficient (Wildman–Crippen LogP) is 2.01. The van der Waals surface area contributed by atoms with Crippen LogP contribution in [0.5, 0.6) is 0 Å². The maximum Gasteiger partial charge on any atom is 0.322 e. The summed E-state index contributed by atoms with van der Waals surface area (Å²) in [6.07, 6.45) is 2.13. The van der Waals surface area contributed by atoms with Gasteiger partial charge in [-0.25, -0.2) is 4.98 Å². The van der Waals surface area contributed by atoms with Crippen molar-refractivity contribution in [3.05, 3.63) is 38.5 Å². The summed E-state index contributed by atoms with van der Waals surface area (Å²) in [5, 5.41) is 21.0. The van der Waals surface area contributed by atoms with Crippen molar-refractivity contribution in [3.8, 4) is 0 Å². The Hall–Kier alpha value is -1.83. The standard InChI is InChI=1S/C11H9Cl2N3O4/c12-6-3-8(13)9(15-4-6)10(18)7(11(19)16-20)5-14-1-2-17/h3-5,17-18H,1-2H2. The van der Waals surface area contributed by atoms with E-state index in [1.54, 1.807) is 0 Å². The van der Waals surface area contributed by atoms with E-state index >= 15 is 0 Å². The van der Waals surface area contributed by atoms with Gasteiger partial charge >= 0.3 is 5.91 Å². The molecule has 0 aliphatic heterocycles. The molecule has 0 aliphatic carbocycles. The Labute approximate surface area is 123 Å². The molecular formula is C11H9Cl2N3O4. The maximum atomic E-state index is 11.4. The molecule has 1 aromatic heterocycles. The lowest BCUT2D eigenvalue weighted by molar-refractivity contribution is -0.114. The van der Waals surface area contributed by atoms with E-state index in [-0.39, 0.29) is 28.9 Å². The summed E-state index contributed by atoms with van der Waals surface area (Å²) in [6, 6.07) is 1.31. The third kappa shape index (κ3) is 4.09. The van der Waals surface area contributed by atoms with Crippen LogP contribution in [0.3, 0.4) is 0 Å². The van der Waals surface area contributed by atoms with Gasteiger partial charge in [-0.3, -0.25) is 9.79 Å². The van der Waals surface area contributed by atoms with Gasteiger partial charge < -0.3 is 10.2 Å². The summed E-state index contributed by atoms with van der Waals surface area (Å²) in [6.45, 7) is -0.266. The summed E-state index contributed by atoms with van der Waals surface area (Å²) in [5.74, 6) is -1.89. The summed E-state index contributed by atoms with van der Waals surface area (Å²) in [4.78, 5) is 29.1. The molecule has 0 unspecified atom stereocenters. The van der Waals surface area contributed by atoms with Crippen LogP contribution in [0.2, 0.25) is 10.0 Å². The summed E-state index contributed by atoms with van der Waals surface area (Å²) in [7, 11) is 0. The molecule has 0 aliphatic rings. The first kappa shape index (κ1) is 16.2. The van der Waals surface area contributed by atoms with Crippen LogP contribution in [0.15, 0.2) is 28.0 Å². The third-order valence-electron chi connectivity index (χ3n) is 2.05. The molecule has 7 nitrogen and oxygen atoms in total. The highest BCUT2D eigenvalue weighted by Gasteiger charge is 2.18. The number of rotatable bonds is 5. The van der Waals surface area contributed by atoms with Crippen molar-refractivity contribution in [1.29, 1.82) is 0 Å². The monoisotopic (exact) mass is 317 g/mol. The van der Waals surface area contributed by atoms with E-state index in [2.05, 4.69) is 15.2 Å². The number of carbonyl (C=O) groups is 1. The van der Waals surface area contributed by atoms with E-state index in [0.717, 1.165) is 6.21 Å². The highest BCUT2D eigenvalue weighted by molar-refractivity contribution is 6.35. The number of halogens is 2. The molecule has 0 spiro atoms. The second-order valence-corrected chi connectivity index (χ2v) is 4.25. The van der Waals surface area contributed by atoms with Crippen molar-refractivity contribution in [1.82, 2.24) is 4.98 Å². The summed E-state index contributed by atoms with van der Waals surface area (Å²) >= 11 is 11.5. The van der Waals surface area contributed by atoms with Crippen LogP contribution >= 0.6 is 23.2 Å². The summed E-state index contributed by atoms with van der Waals surface area (Å²) in [5.41, 5.74) is -0.622. The zero-order chi connectivity index (χ0) is 15.1. The van der Waals surface area contributed by atoms with Crippen LogP contribution in [0.4, 0.5) is 0 Å². The molecule has 0 fully saturated rings. The number of aliphatic hydroxyl groups is 2. The normalized spacial score (nSPS) is 12.3. The van der Waals surface area contributed by atoms with Crippen molar-refractivity contribution in [2.75, 3.05) is 13.2 Å². The fraction of sp³-hybridized carbons (Fsp3) is 0.182. The molecule has 0 atom stereocenters. The number of nitrogens with zero attached hydrogens (tertiary/aromatic N) is 3. The maximum absolute atomic E-state index is 11.4. The number of hydrogen-bond donors (Lipinski definition) is 2. The Morgan fingerprint density at radius 3 is 2.70 bits per heavy atom. The number of aliphatic hydroxyl groups excluding tert-OH is 2. The molecule has 0 saturated carbocycles. The zero-order valence-electron chi connectivity index (χ0n) is 9.95. The number of pyridine rings is 1. The number of amides is 1. The first-order valence-electron chi connectivity index (χ1n) is 5.24. The molecule has 1 rings (SSSR count).